The number of esters is 1. The highest BCUT2D eigenvalue weighted by molar-refractivity contribution is 7.80. The van der Waals surface area contributed by atoms with Crippen LogP contribution in [0.5, 0.6) is 0 Å². The molecule has 1 atom stereocenters. The molecule has 0 aliphatic carbocycles. The average Bonchev–Trinajstić information content (AvgIpc) is 2.65. The Bertz CT molecular complexity index is 661. The number of para-hydroxylation sites is 1. The average molecular weight is 343 g/mol. The third-order valence-electron chi connectivity index (χ3n) is 3.74. The van der Waals surface area contributed by atoms with Crippen LogP contribution in [0.2, 0.25) is 0 Å². The van der Waals surface area contributed by atoms with E-state index in [1.807, 2.05) is 48.5 Å². The van der Waals surface area contributed by atoms with Crippen molar-refractivity contribution in [1.82, 2.24) is 0 Å². The van der Waals surface area contributed by atoms with Gasteiger partial charge in [-0.2, -0.15) is 12.6 Å². The maximum atomic E-state index is 13.0. The number of nitrogens with zero attached hydrogens (tertiary/aromatic N) is 1. The molecule has 4 nitrogen and oxygen atoms in total. The highest BCUT2D eigenvalue weighted by atomic mass is 32.1. The molecule has 2 aromatic rings. The second-order valence-electron chi connectivity index (χ2n) is 5.41. The fourth-order valence-corrected chi connectivity index (χ4v) is 2.73. The lowest BCUT2D eigenvalue weighted by Gasteiger charge is -2.26. The van der Waals surface area contributed by atoms with Gasteiger partial charge < -0.3 is 9.64 Å². The van der Waals surface area contributed by atoms with E-state index < -0.39 is 5.97 Å². The van der Waals surface area contributed by atoms with Crippen LogP contribution in [0.25, 0.3) is 0 Å². The minimum absolute atomic E-state index is 0.113. The Morgan fingerprint density at radius 3 is 2.17 bits per heavy atom. The van der Waals surface area contributed by atoms with Gasteiger partial charge in [0.2, 0.25) is 5.91 Å². The number of anilines is 1. The molecule has 1 amide bonds. The third-order valence-corrected chi connectivity index (χ3v) is 4.18. The van der Waals surface area contributed by atoms with Gasteiger partial charge in [-0.3, -0.25) is 9.59 Å². The van der Waals surface area contributed by atoms with E-state index in [2.05, 4.69) is 12.6 Å². The molecule has 0 spiro atoms. The number of carbonyl (C=O) groups is 2. The SMILES string of the molecule is COC(=O)CN(C(=O)[C@@H](CS)Cc1ccccc1)c1ccccc1. The molecule has 2 aromatic carbocycles. The molecule has 0 unspecified atom stereocenters. The molecule has 0 saturated heterocycles. The predicted molar refractivity (Wildman–Crippen MR) is 98.3 cm³/mol. The van der Waals surface area contributed by atoms with Gasteiger partial charge in [0.05, 0.1) is 13.0 Å². The van der Waals surface area contributed by atoms with Crippen LogP contribution in [0, 0.1) is 5.92 Å². The van der Waals surface area contributed by atoms with Gasteiger partial charge in [-0.15, -0.1) is 0 Å². The zero-order valence-corrected chi connectivity index (χ0v) is 14.5. The van der Waals surface area contributed by atoms with Gasteiger partial charge in [0.25, 0.3) is 0 Å². The minimum atomic E-state index is -0.454. The Kier molecular flexibility index (Phi) is 6.88. The number of methoxy groups -OCH3 is 1. The first kappa shape index (κ1) is 18.1. The van der Waals surface area contributed by atoms with Crippen molar-refractivity contribution in [3.63, 3.8) is 0 Å². The van der Waals surface area contributed by atoms with E-state index in [-0.39, 0.29) is 18.4 Å². The highest BCUT2D eigenvalue weighted by Crippen LogP contribution is 2.20. The fourth-order valence-electron chi connectivity index (χ4n) is 2.45. The Morgan fingerprint density at radius 1 is 1.04 bits per heavy atom. The molecule has 2 rings (SSSR count). The van der Waals surface area contributed by atoms with Gasteiger partial charge in [0, 0.05) is 11.4 Å². The largest absolute Gasteiger partial charge is 0.468 e. The van der Waals surface area contributed by atoms with Gasteiger partial charge in [-0.05, 0) is 24.1 Å². The molecule has 5 heteroatoms. The van der Waals surface area contributed by atoms with Crippen molar-refractivity contribution >= 4 is 30.2 Å². The molecule has 0 aliphatic heterocycles. The van der Waals surface area contributed by atoms with Crippen LogP contribution >= 0.6 is 12.6 Å². The summed E-state index contributed by atoms with van der Waals surface area (Å²) in [6.07, 6.45) is 0.577. The van der Waals surface area contributed by atoms with Gasteiger partial charge in [-0.1, -0.05) is 48.5 Å². The zero-order valence-electron chi connectivity index (χ0n) is 13.6. The lowest BCUT2D eigenvalue weighted by atomic mass is 9.99. The Labute approximate surface area is 147 Å². The van der Waals surface area contributed by atoms with Crippen molar-refractivity contribution in [2.75, 3.05) is 24.3 Å². The van der Waals surface area contributed by atoms with Gasteiger partial charge in [0.1, 0.15) is 6.54 Å². The lowest BCUT2D eigenvalue weighted by Crippen LogP contribution is -2.41. The quantitative estimate of drug-likeness (QED) is 0.621. The first-order valence-electron chi connectivity index (χ1n) is 7.73. The highest BCUT2D eigenvalue weighted by Gasteiger charge is 2.26. The molecule has 0 aromatic heterocycles. The molecule has 0 saturated carbocycles. The first-order chi connectivity index (χ1) is 11.7. The van der Waals surface area contributed by atoms with Gasteiger partial charge >= 0.3 is 5.97 Å². The molecule has 0 heterocycles. The van der Waals surface area contributed by atoms with Crippen LogP contribution < -0.4 is 4.90 Å². The summed E-state index contributed by atoms with van der Waals surface area (Å²) in [7, 11) is 1.32. The molecule has 126 valence electrons. The number of benzene rings is 2. The number of ether oxygens (including phenoxy) is 1. The summed E-state index contributed by atoms with van der Waals surface area (Å²) < 4.78 is 4.73. The summed E-state index contributed by atoms with van der Waals surface area (Å²) in [5.74, 6) is -0.506. The number of rotatable bonds is 7. The minimum Gasteiger partial charge on any atom is -0.468 e. The summed E-state index contributed by atoms with van der Waals surface area (Å²) in [5, 5.41) is 0. The van der Waals surface area contributed by atoms with Crippen LogP contribution in [0.3, 0.4) is 0 Å². The Hall–Kier alpha value is -2.27. The topological polar surface area (TPSA) is 46.6 Å². The van der Waals surface area contributed by atoms with Crippen molar-refractivity contribution in [1.29, 1.82) is 0 Å². The maximum Gasteiger partial charge on any atom is 0.325 e. The lowest BCUT2D eigenvalue weighted by molar-refractivity contribution is -0.140. The monoisotopic (exact) mass is 343 g/mol. The summed E-state index contributed by atoms with van der Waals surface area (Å²) in [6.45, 7) is -0.113. The van der Waals surface area contributed by atoms with Gasteiger partial charge in [-0.25, -0.2) is 0 Å². The van der Waals surface area contributed by atoms with E-state index >= 15 is 0 Å². The zero-order chi connectivity index (χ0) is 17.4. The van der Waals surface area contributed by atoms with Crippen molar-refractivity contribution in [3.8, 4) is 0 Å². The van der Waals surface area contributed by atoms with E-state index in [9.17, 15) is 9.59 Å². The summed E-state index contributed by atoms with van der Waals surface area (Å²) >= 11 is 4.34. The van der Waals surface area contributed by atoms with Crippen LogP contribution in [0.4, 0.5) is 5.69 Å². The molecule has 0 aliphatic rings. The molecule has 0 N–H and O–H groups in total. The number of hydrogen-bond donors (Lipinski definition) is 1. The third kappa shape index (κ3) is 4.86. The predicted octanol–water partition coefficient (Wildman–Crippen LogP) is 2.98. The fraction of sp³-hybridized carbons (Fsp3) is 0.263. The summed E-state index contributed by atoms with van der Waals surface area (Å²) in [4.78, 5) is 26.2. The van der Waals surface area contributed by atoms with Crippen LogP contribution in [-0.4, -0.2) is 31.3 Å². The van der Waals surface area contributed by atoms with E-state index in [0.717, 1.165) is 5.56 Å². The van der Waals surface area contributed by atoms with Crippen LogP contribution in [-0.2, 0) is 20.7 Å². The van der Waals surface area contributed by atoms with E-state index in [1.54, 1.807) is 12.1 Å². The smallest absolute Gasteiger partial charge is 0.325 e. The Morgan fingerprint density at radius 2 is 1.62 bits per heavy atom. The van der Waals surface area contributed by atoms with Crippen LogP contribution in [0.15, 0.2) is 60.7 Å². The Balaban J connectivity index is 2.23. The number of amides is 1. The molecule has 0 fully saturated rings. The first-order valence-corrected chi connectivity index (χ1v) is 8.37. The molecular formula is C19H21NO3S. The maximum absolute atomic E-state index is 13.0. The molecule has 0 radical (unpaired) electrons. The molecule has 0 bridgehead atoms. The van der Waals surface area contributed by atoms with Gasteiger partial charge in [0.15, 0.2) is 0 Å². The van der Waals surface area contributed by atoms with Crippen molar-refractivity contribution < 1.29 is 14.3 Å². The number of carbonyl (C=O) groups excluding carboxylic acids is 2. The van der Waals surface area contributed by atoms with Crippen molar-refractivity contribution in [3.05, 3.63) is 66.2 Å². The normalized spacial score (nSPS) is 11.6. The molecule has 24 heavy (non-hydrogen) atoms. The number of thiol groups is 1. The summed E-state index contributed by atoms with van der Waals surface area (Å²) in [6, 6.07) is 18.9. The summed E-state index contributed by atoms with van der Waals surface area (Å²) in [5.41, 5.74) is 1.74. The standard InChI is InChI=1S/C19H21NO3S/c1-23-18(21)13-20(17-10-6-3-7-11-17)19(22)16(14-24)12-15-8-4-2-5-9-15/h2-11,16,24H,12-14H2,1H3/t16-/m1/s1. The van der Waals surface area contributed by atoms with Crippen molar-refractivity contribution in [2.24, 2.45) is 5.92 Å². The molecular weight excluding hydrogens is 322 g/mol. The second-order valence-corrected chi connectivity index (χ2v) is 5.77. The van der Waals surface area contributed by atoms with E-state index in [4.69, 9.17) is 4.74 Å². The van der Waals surface area contributed by atoms with E-state index in [1.165, 1.54) is 12.0 Å². The van der Waals surface area contributed by atoms with Crippen molar-refractivity contribution in [2.45, 2.75) is 6.42 Å². The second kappa shape index (κ2) is 9.13. The van der Waals surface area contributed by atoms with Crippen LogP contribution in [0.1, 0.15) is 5.56 Å². The van der Waals surface area contributed by atoms with E-state index in [0.29, 0.717) is 17.9 Å². The number of hydrogen-bond acceptors (Lipinski definition) is 4.